The van der Waals surface area contributed by atoms with Gasteiger partial charge in [-0.3, -0.25) is 5.43 Å². The van der Waals surface area contributed by atoms with Crippen molar-refractivity contribution < 1.29 is 0 Å². The number of halogens is 1. The first-order chi connectivity index (χ1) is 8.69. The van der Waals surface area contributed by atoms with Gasteiger partial charge in [0.05, 0.1) is 6.20 Å². The number of nitrogen functional groups attached to an aromatic ring is 1. The Kier molecular flexibility index (Phi) is 4.60. The van der Waals surface area contributed by atoms with Gasteiger partial charge < -0.3 is 5.32 Å². The van der Waals surface area contributed by atoms with Gasteiger partial charge in [-0.1, -0.05) is 31.4 Å². The molecule has 0 radical (unpaired) electrons. The Morgan fingerprint density at radius 1 is 1.33 bits per heavy atom. The van der Waals surface area contributed by atoms with Crippen LogP contribution in [0.3, 0.4) is 0 Å². The van der Waals surface area contributed by atoms with Gasteiger partial charge in [0, 0.05) is 6.04 Å². The second kappa shape index (κ2) is 6.20. The van der Waals surface area contributed by atoms with Crippen LogP contribution in [0.2, 0.25) is 5.02 Å². The predicted molar refractivity (Wildman–Crippen MR) is 74.5 cm³/mol. The van der Waals surface area contributed by atoms with Crippen LogP contribution in [0.15, 0.2) is 6.20 Å². The minimum Gasteiger partial charge on any atom is -0.366 e. The zero-order valence-electron chi connectivity index (χ0n) is 10.6. The molecule has 1 aromatic heterocycles. The highest BCUT2D eigenvalue weighted by Gasteiger charge is 2.17. The van der Waals surface area contributed by atoms with Gasteiger partial charge in [-0.05, 0) is 25.2 Å². The lowest BCUT2D eigenvalue weighted by Crippen LogP contribution is -2.20. The third-order valence-corrected chi connectivity index (χ3v) is 3.75. The normalized spacial score (nSPS) is 24.4. The zero-order chi connectivity index (χ0) is 13.0. The molecule has 2 rings (SSSR count). The van der Waals surface area contributed by atoms with Crippen molar-refractivity contribution in [3.8, 4) is 0 Å². The van der Waals surface area contributed by atoms with Crippen molar-refractivity contribution in [1.29, 1.82) is 0 Å². The summed E-state index contributed by atoms with van der Waals surface area (Å²) in [7, 11) is 0. The van der Waals surface area contributed by atoms with E-state index in [0.717, 1.165) is 18.8 Å². The third-order valence-electron chi connectivity index (χ3n) is 3.47. The van der Waals surface area contributed by atoms with Gasteiger partial charge in [0.2, 0.25) is 5.95 Å². The summed E-state index contributed by atoms with van der Waals surface area (Å²) in [6.07, 6.45) is 7.70. The molecule has 1 aliphatic rings. The molecule has 2 atom stereocenters. The molecule has 1 fully saturated rings. The quantitative estimate of drug-likeness (QED) is 0.447. The summed E-state index contributed by atoms with van der Waals surface area (Å²) in [6, 6.07) is 0.438. The first kappa shape index (κ1) is 13.4. The van der Waals surface area contributed by atoms with Gasteiger partial charge in [-0.25, -0.2) is 10.8 Å². The van der Waals surface area contributed by atoms with Crippen LogP contribution in [0, 0.1) is 5.92 Å². The molecular formula is C12H20ClN5. The van der Waals surface area contributed by atoms with E-state index < -0.39 is 0 Å². The summed E-state index contributed by atoms with van der Waals surface area (Å²) in [5.74, 6) is 7.16. The molecule has 1 aliphatic carbocycles. The number of nitrogens with two attached hydrogens (primary N) is 1. The highest BCUT2D eigenvalue weighted by molar-refractivity contribution is 6.32. The van der Waals surface area contributed by atoms with Crippen molar-refractivity contribution in [3.05, 3.63) is 11.2 Å². The van der Waals surface area contributed by atoms with E-state index in [-0.39, 0.29) is 0 Å². The van der Waals surface area contributed by atoms with Crippen LogP contribution in [0.1, 0.15) is 39.0 Å². The molecule has 1 aromatic rings. The van der Waals surface area contributed by atoms with E-state index in [9.17, 15) is 0 Å². The van der Waals surface area contributed by atoms with E-state index in [1.54, 1.807) is 6.20 Å². The SMILES string of the molecule is CC1CCCC(Nc2nc(NN)ncc2Cl)CC1. The summed E-state index contributed by atoms with van der Waals surface area (Å²) in [6.45, 7) is 2.32. The molecule has 0 aromatic carbocycles. The van der Waals surface area contributed by atoms with E-state index in [4.69, 9.17) is 17.4 Å². The zero-order valence-corrected chi connectivity index (χ0v) is 11.4. The topological polar surface area (TPSA) is 75.9 Å². The van der Waals surface area contributed by atoms with E-state index in [1.807, 2.05) is 0 Å². The van der Waals surface area contributed by atoms with Gasteiger partial charge in [0.1, 0.15) is 5.02 Å². The number of hydrazine groups is 1. The second-order valence-corrected chi connectivity index (χ2v) is 5.40. The molecular weight excluding hydrogens is 250 g/mol. The fourth-order valence-electron chi connectivity index (χ4n) is 2.36. The Balaban J connectivity index is 2.03. The average molecular weight is 270 g/mol. The van der Waals surface area contributed by atoms with E-state index >= 15 is 0 Å². The molecule has 0 saturated heterocycles. The molecule has 2 unspecified atom stereocenters. The van der Waals surface area contributed by atoms with Crippen molar-refractivity contribution in [2.75, 3.05) is 10.7 Å². The Hall–Kier alpha value is -1.07. The Bertz CT molecular complexity index is 398. The van der Waals surface area contributed by atoms with Crippen molar-refractivity contribution in [2.45, 2.75) is 45.1 Å². The van der Waals surface area contributed by atoms with Gasteiger partial charge in [0.15, 0.2) is 5.82 Å². The van der Waals surface area contributed by atoms with Crippen LogP contribution in [-0.2, 0) is 0 Å². The monoisotopic (exact) mass is 269 g/mol. The number of nitrogens with one attached hydrogen (secondary N) is 2. The molecule has 6 heteroatoms. The number of nitrogens with zero attached hydrogens (tertiary/aromatic N) is 2. The minimum absolute atomic E-state index is 0.379. The largest absolute Gasteiger partial charge is 0.366 e. The summed E-state index contributed by atoms with van der Waals surface area (Å²) < 4.78 is 0. The van der Waals surface area contributed by atoms with E-state index in [1.165, 1.54) is 19.3 Å². The molecule has 0 spiro atoms. The number of hydrogen-bond donors (Lipinski definition) is 3. The van der Waals surface area contributed by atoms with Crippen LogP contribution in [0.5, 0.6) is 0 Å². The lowest BCUT2D eigenvalue weighted by Gasteiger charge is -2.18. The smallest absolute Gasteiger partial charge is 0.239 e. The van der Waals surface area contributed by atoms with Crippen LogP contribution in [0.25, 0.3) is 0 Å². The maximum atomic E-state index is 6.09. The van der Waals surface area contributed by atoms with E-state index in [2.05, 4.69) is 27.6 Å². The number of aromatic nitrogens is 2. The molecule has 0 amide bonds. The lowest BCUT2D eigenvalue weighted by atomic mass is 10.0. The first-order valence-corrected chi connectivity index (χ1v) is 6.82. The highest BCUT2D eigenvalue weighted by Crippen LogP contribution is 2.27. The number of anilines is 2. The lowest BCUT2D eigenvalue weighted by molar-refractivity contribution is 0.502. The van der Waals surface area contributed by atoms with Gasteiger partial charge in [-0.15, -0.1) is 0 Å². The second-order valence-electron chi connectivity index (χ2n) is 4.99. The predicted octanol–water partition coefficient (Wildman–Crippen LogP) is 2.80. The van der Waals surface area contributed by atoms with Crippen LogP contribution < -0.4 is 16.6 Å². The summed E-state index contributed by atoms with van der Waals surface area (Å²) in [5.41, 5.74) is 2.43. The van der Waals surface area contributed by atoms with Crippen molar-refractivity contribution in [1.82, 2.24) is 9.97 Å². The Morgan fingerprint density at radius 3 is 2.94 bits per heavy atom. The minimum atomic E-state index is 0.379. The van der Waals surface area contributed by atoms with Gasteiger partial charge in [0.25, 0.3) is 0 Å². The molecule has 4 N–H and O–H groups in total. The summed E-state index contributed by atoms with van der Waals surface area (Å²) in [4.78, 5) is 8.21. The van der Waals surface area contributed by atoms with Crippen LogP contribution in [0.4, 0.5) is 11.8 Å². The van der Waals surface area contributed by atoms with Crippen molar-refractivity contribution in [3.63, 3.8) is 0 Å². The number of rotatable bonds is 3. The standard InChI is InChI=1S/C12H20ClN5/c1-8-3-2-4-9(6-5-8)16-11-10(13)7-15-12(17-11)18-14/h7-9H,2-6,14H2,1H3,(H2,15,16,17,18). The maximum Gasteiger partial charge on any atom is 0.239 e. The summed E-state index contributed by atoms with van der Waals surface area (Å²) >= 11 is 6.09. The van der Waals surface area contributed by atoms with Crippen LogP contribution in [-0.4, -0.2) is 16.0 Å². The van der Waals surface area contributed by atoms with Gasteiger partial charge >= 0.3 is 0 Å². The van der Waals surface area contributed by atoms with Crippen molar-refractivity contribution in [2.24, 2.45) is 11.8 Å². The number of hydrogen-bond acceptors (Lipinski definition) is 5. The maximum absolute atomic E-state index is 6.09. The highest BCUT2D eigenvalue weighted by atomic mass is 35.5. The average Bonchev–Trinajstić information content (AvgIpc) is 2.57. The van der Waals surface area contributed by atoms with Crippen LogP contribution >= 0.6 is 11.6 Å². The van der Waals surface area contributed by atoms with E-state index in [0.29, 0.717) is 22.8 Å². The fourth-order valence-corrected chi connectivity index (χ4v) is 2.51. The molecule has 0 aliphatic heterocycles. The third kappa shape index (κ3) is 3.46. The van der Waals surface area contributed by atoms with Gasteiger partial charge in [-0.2, -0.15) is 4.98 Å². The molecule has 18 heavy (non-hydrogen) atoms. The first-order valence-electron chi connectivity index (χ1n) is 6.44. The fraction of sp³-hybridized carbons (Fsp3) is 0.667. The Labute approximate surface area is 112 Å². The molecule has 1 heterocycles. The molecule has 1 saturated carbocycles. The molecule has 5 nitrogen and oxygen atoms in total. The molecule has 100 valence electrons. The Morgan fingerprint density at radius 2 is 2.17 bits per heavy atom. The van der Waals surface area contributed by atoms with Crippen molar-refractivity contribution >= 4 is 23.4 Å². The summed E-state index contributed by atoms with van der Waals surface area (Å²) in [5, 5.41) is 3.94. The molecule has 0 bridgehead atoms.